The number of carbonyl (C=O) groups is 4. The molecule has 0 aromatic rings. The fraction of sp³-hybridized carbons (Fsp3) is 0.944. The monoisotopic (exact) mass is 1320 g/mol. The molecule has 0 saturated heterocycles. The van der Waals surface area contributed by atoms with Crippen LogP contribution in [0.1, 0.15) is 363 Å². The van der Waals surface area contributed by atoms with Gasteiger partial charge in [-0.25, -0.2) is 9.13 Å². The van der Waals surface area contributed by atoms with Crippen LogP contribution in [0, 0.1) is 11.8 Å². The van der Waals surface area contributed by atoms with Crippen LogP contribution in [0.4, 0.5) is 0 Å². The van der Waals surface area contributed by atoms with Crippen molar-refractivity contribution in [2.75, 3.05) is 39.6 Å². The van der Waals surface area contributed by atoms with Crippen LogP contribution in [0.3, 0.4) is 0 Å². The van der Waals surface area contributed by atoms with Crippen LogP contribution in [0.2, 0.25) is 0 Å². The van der Waals surface area contributed by atoms with Crippen LogP contribution in [-0.2, 0) is 65.4 Å². The molecule has 0 aliphatic carbocycles. The molecule has 0 aromatic heterocycles. The topological polar surface area (TPSA) is 237 Å². The van der Waals surface area contributed by atoms with Crippen LogP contribution in [0.25, 0.3) is 0 Å². The summed E-state index contributed by atoms with van der Waals surface area (Å²) in [5.74, 6) is -0.543. The number of phosphoric acid groups is 2. The lowest BCUT2D eigenvalue weighted by Gasteiger charge is -2.21. The molecule has 0 aromatic carbocycles. The van der Waals surface area contributed by atoms with Crippen LogP contribution in [0.15, 0.2) is 0 Å². The number of aliphatic hydroxyl groups excluding tert-OH is 1. The van der Waals surface area contributed by atoms with Crippen LogP contribution in [0.5, 0.6) is 0 Å². The van der Waals surface area contributed by atoms with Gasteiger partial charge < -0.3 is 33.8 Å². The summed E-state index contributed by atoms with van der Waals surface area (Å²) >= 11 is 0. The Morgan fingerprint density at radius 3 is 0.756 bits per heavy atom. The molecule has 0 fully saturated rings. The first kappa shape index (κ1) is 88.1. The summed E-state index contributed by atoms with van der Waals surface area (Å²) in [4.78, 5) is 72.2. The van der Waals surface area contributed by atoms with E-state index in [0.29, 0.717) is 25.7 Å². The van der Waals surface area contributed by atoms with Crippen molar-refractivity contribution in [1.29, 1.82) is 0 Å². The highest BCUT2D eigenvalue weighted by molar-refractivity contribution is 7.47. The summed E-state index contributed by atoms with van der Waals surface area (Å²) in [6.07, 6.45) is 49.0. The van der Waals surface area contributed by atoms with Crippen molar-refractivity contribution in [3.05, 3.63) is 0 Å². The van der Waals surface area contributed by atoms with Crippen molar-refractivity contribution in [3.8, 4) is 0 Å². The lowest BCUT2D eigenvalue weighted by molar-refractivity contribution is -0.161. The zero-order valence-electron chi connectivity index (χ0n) is 58.4. The van der Waals surface area contributed by atoms with E-state index in [-0.39, 0.29) is 25.7 Å². The molecule has 0 aliphatic heterocycles. The average molecular weight is 1330 g/mol. The molecule has 0 heterocycles. The number of hydrogen-bond donors (Lipinski definition) is 3. The van der Waals surface area contributed by atoms with E-state index in [9.17, 15) is 43.2 Å². The maximum absolute atomic E-state index is 13.0. The van der Waals surface area contributed by atoms with Crippen molar-refractivity contribution in [1.82, 2.24) is 0 Å². The third-order valence-electron chi connectivity index (χ3n) is 16.5. The Kier molecular flexibility index (Phi) is 61.8. The number of phosphoric ester groups is 2. The van der Waals surface area contributed by atoms with Crippen molar-refractivity contribution < 1.29 is 80.2 Å². The second kappa shape index (κ2) is 63.1. The lowest BCUT2D eigenvalue weighted by Crippen LogP contribution is -2.30. The molecule has 2 unspecified atom stereocenters. The minimum absolute atomic E-state index is 0.105. The number of carbonyl (C=O) groups excluding carboxylic acids is 4. The second-order valence-corrected chi connectivity index (χ2v) is 29.5. The molecule has 0 saturated carbocycles. The van der Waals surface area contributed by atoms with E-state index in [1.807, 2.05) is 0 Å². The molecule has 3 N–H and O–H groups in total. The van der Waals surface area contributed by atoms with Crippen molar-refractivity contribution in [3.63, 3.8) is 0 Å². The first-order valence-corrected chi connectivity index (χ1v) is 40.0. The molecule has 0 radical (unpaired) electrons. The third-order valence-corrected chi connectivity index (χ3v) is 18.4. The van der Waals surface area contributed by atoms with Gasteiger partial charge in [0.15, 0.2) is 12.2 Å². The Morgan fingerprint density at radius 1 is 0.300 bits per heavy atom. The van der Waals surface area contributed by atoms with Gasteiger partial charge in [0.25, 0.3) is 0 Å². The standard InChI is InChI=1S/C71H138O17P2/c1-7-9-11-13-14-15-31-37-43-49-55-70(75)87-66(59-81-68(73)53-47-39-12-10-8-2)61-85-89(77,78)83-57-65(72)58-84-90(79,80)86-62-67(60-82-69(74)54-48-42-36-32-28-24-26-30-35-41-46-52-64(5)6)88-71(76)56-50-44-38-33-27-23-21-19-17-16-18-20-22-25-29-34-40-45-51-63(3)4/h63-67,72H,7-62H2,1-6H3,(H,77,78)(H,79,80)/t65-,66+,67+/m0/s1. The number of esters is 4. The molecule has 17 nitrogen and oxygen atoms in total. The van der Waals surface area contributed by atoms with E-state index in [2.05, 4.69) is 41.5 Å². The molecule has 5 atom stereocenters. The molecule has 0 amide bonds. The van der Waals surface area contributed by atoms with Gasteiger partial charge in [-0.3, -0.25) is 37.3 Å². The van der Waals surface area contributed by atoms with Gasteiger partial charge in [-0.05, 0) is 37.5 Å². The van der Waals surface area contributed by atoms with E-state index in [4.69, 9.17) is 37.0 Å². The zero-order chi connectivity index (χ0) is 66.5. The largest absolute Gasteiger partial charge is 0.472 e. The highest BCUT2D eigenvalue weighted by Gasteiger charge is 2.30. The maximum Gasteiger partial charge on any atom is 0.472 e. The minimum Gasteiger partial charge on any atom is -0.462 e. The SMILES string of the molecule is CCCCCCCCCCCCC(=O)O[C@H](COC(=O)CCCCCCC)COP(=O)(O)OC[C@H](O)COP(=O)(O)OC[C@@H](COC(=O)CCCCCCCCCCCCCC(C)C)OC(=O)CCCCCCCCCCCCCCCCCCCCC(C)C. The summed E-state index contributed by atoms with van der Waals surface area (Å²) in [6, 6.07) is 0. The average Bonchev–Trinajstić information content (AvgIpc) is 3.64. The quantitative estimate of drug-likeness (QED) is 0.0222. The highest BCUT2D eigenvalue weighted by Crippen LogP contribution is 2.45. The number of ether oxygens (including phenoxy) is 4. The van der Waals surface area contributed by atoms with Crippen molar-refractivity contribution >= 4 is 39.5 Å². The summed E-state index contributed by atoms with van der Waals surface area (Å²) in [7, 11) is -9.89. The van der Waals surface area contributed by atoms with Gasteiger partial charge >= 0.3 is 39.5 Å². The number of unbranched alkanes of at least 4 members (excludes halogenated alkanes) is 40. The van der Waals surface area contributed by atoms with E-state index in [1.54, 1.807) is 0 Å². The predicted molar refractivity (Wildman–Crippen MR) is 363 cm³/mol. The van der Waals surface area contributed by atoms with E-state index in [1.165, 1.54) is 173 Å². The van der Waals surface area contributed by atoms with Crippen LogP contribution < -0.4 is 0 Å². The van der Waals surface area contributed by atoms with Gasteiger partial charge in [0, 0.05) is 25.7 Å². The molecule has 90 heavy (non-hydrogen) atoms. The molecule has 0 bridgehead atoms. The number of hydrogen-bond acceptors (Lipinski definition) is 15. The van der Waals surface area contributed by atoms with E-state index in [0.717, 1.165) is 108 Å². The first-order chi connectivity index (χ1) is 43.4. The molecule has 0 aliphatic rings. The van der Waals surface area contributed by atoms with Crippen LogP contribution in [-0.4, -0.2) is 96.7 Å². The molecular weight excluding hydrogens is 1190 g/mol. The van der Waals surface area contributed by atoms with Gasteiger partial charge in [-0.15, -0.1) is 0 Å². The Labute approximate surface area is 549 Å². The Hall–Kier alpha value is -1.94. The fourth-order valence-electron chi connectivity index (χ4n) is 10.8. The fourth-order valence-corrected chi connectivity index (χ4v) is 12.3. The predicted octanol–water partition coefficient (Wildman–Crippen LogP) is 20.4. The second-order valence-electron chi connectivity index (χ2n) is 26.6. The molecule has 19 heteroatoms. The van der Waals surface area contributed by atoms with Crippen molar-refractivity contribution in [2.24, 2.45) is 11.8 Å². The Bertz CT molecular complexity index is 1750. The normalized spacial score (nSPS) is 14.1. The molecule has 534 valence electrons. The first-order valence-electron chi connectivity index (χ1n) is 37.0. The Balaban J connectivity index is 5.11. The lowest BCUT2D eigenvalue weighted by atomic mass is 10.0. The van der Waals surface area contributed by atoms with Gasteiger partial charge in [0.2, 0.25) is 0 Å². The molecule has 0 spiro atoms. The highest BCUT2D eigenvalue weighted by atomic mass is 31.2. The summed E-state index contributed by atoms with van der Waals surface area (Å²) in [5, 5.41) is 10.6. The smallest absolute Gasteiger partial charge is 0.462 e. The summed E-state index contributed by atoms with van der Waals surface area (Å²) in [5.41, 5.74) is 0. The van der Waals surface area contributed by atoms with E-state index < -0.39 is 97.5 Å². The Morgan fingerprint density at radius 2 is 0.511 bits per heavy atom. The van der Waals surface area contributed by atoms with Gasteiger partial charge in [-0.2, -0.15) is 0 Å². The van der Waals surface area contributed by atoms with Crippen LogP contribution >= 0.6 is 15.6 Å². The minimum atomic E-state index is -4.95. The summed E-state index contributed by atoms with van der Waals surface area (Å²) < 4.78 is 68.0. The zero-order valence-corrected chi connectivity index (χ0v) is 60.2. The molecule has 0 rings (SSSR count). The van der Waals surface area contributed by atoms with Gasteiger partial charge in [0.1, 0.15) is 19.3 Å². The van der Waals surface area contributed by atoms with Gasteiger partial charge in [-0.1, -0.05) is 311 Å². The molecular formula is C71H138O17P2. The number of aliphatic hydroxyl groups is 1. The van der Waals surface area contributed by atoms with Crippen molar-refractivity contribution in [2.45, 2.75) is 381 Å². The maximum atomic E-state index is 13.0. The number of rotatable bonds is 70. The summed E-state index contributed by atoms with van der Waals surface area (Å²) in [6.45, 7) is 9.50. The van der Waals surface area contributed by atoms with E-state index >= 15 is 0 Å². The van der Waals surface area contributed by atoms with Gasteiger partial charge in [0.05, 0.1) is 26.4 Å². The third kappa shape index (κ3) is 64.8.